The first-order chi connectivity index (χ1) is 13.7. The topological polar surface area (TPSA) is 47.6 Å². The molecule has 1 unspecified atom stereocenters. The zero-order valence-corrected chi connectivity index (χ0v) is 16.0. The minimum absolute atomic E-state index is 0.192. The molecule has 1 atom stereocenters. The van der Waals surface area contributed by atoms with Crippen molar-refractivity contribution in [1.82, 2.24) is 5.32 Å². The number of rotatable bonds is 5. The number of alkyl carbamates (subject to hydrolysis) is 1. The fourth-order valence-corrected chi connectivity index (χ4v) is 3.55. The van der Waals surface area contributed by atoms with Gasteiger partial charge in [-0.2, -0.15) is 0 Å². The van der Waals surface area contributed by atoms with Gasteiger partial charge in [0.15, 0.2) is 0 Å². The summed E-state index contributed by atoms with van der Waals surface area (Å²) >= 11 is 6.35. The average Bonchev–Trinajstić information content (AvgIpc) is 3.15. The highest BCUT2D eigenvalue weighted by Crippen LogP contribution is 2.41. The minimum atomic E-state index is -0.449. The molecule has 5 heteroatoms. The fourth-order valence-electron chi connectivity index (χ4n) is 3.31. The largest absolute Gasteiger partial charge is 0.486 e. The Morgan fingerprint density at radius 2 is 1.75 bits per heavy atom. The van der Waals surface area contributed by atoms with E-state index in [4.69, 9.17) is 21.1 Å². The van der Waals surface area contributed by atoms with Gasteiger partial charge < -0.3 is 14.8 Å². The molecule has 1 aliphatic rings. The van der Waals surface area contributed by atoms with Gasteiger partial charge in [-0.3, -0.25) is 0 Å². The van der Waals surface area contributed by atoms with Gasteiger partial charge in [0.25, 0.3) is 0 Å². The van der Waals surface area contributed by atoms with E-state index >= 15 is 0 Å². The molecule has 0 radical (unpaired) electrons. The highest BCUT2D eigenvalue weighted by Gasteiger charge is 2.27. The average molecular weight is 394 g/mol. The third-order valence-electron chi connectivity index (χ3n) is 4.67. The van der Waals surface area contributed by atoms with E-state index in [2.05, 4.69) is 5.32 Å². The summed E-state index contributed by atoms with van der Waals surface area (Å²) in [6.45, 7) is 0.624. The summed E-state index contributed by atoms with van der Waals surface area (Å²) in [6, 6.07) is 23.4. The highest BCUT2D eigenvalue weighted by molar-refractivity contribution is 6.33. The lowest BCUT2D eigenvalue weighted by Gasteiger charge is -2.14. The molecule has 1 aliphatic heterocycles. The van der Waals surface area contributed by atoms with Crippen LogP contribution < -0.4 is 10.1 Å². The third-order valence-corrected chi connectivity index (χ3v) is 5.00. The van der Waals surface area contributed by atoms with Crippen molar-refractivity contribution in [3.8, 4) is 16.9 Å². The van der Waals surface area contributed by atoms with Gasteiger partial charge in [0.1, 0.15) is 18.5 Å². The van der Waals surface area contributed by atoms with Crippen molar-refractivity contribution < 1.29 is 14.3 Å². The maximum absolute atomic E-state index is 12.0. The summed E-state index contributed by atoms with van der Waals surface area (Å²) in [5.74, 6) is 0.814. The van der Waals surface area contributed by atoms with Crippen LogP contribution in [-0.2, 0) is 17.7 Å². The molecule has 28 heavy (non-hydrogen) atoms. The molecule has 0 spiro atoms. The van der Waals surface area contributed by atoms with Crippen molar-refractivity contribution in [3.63, 3.8) is 0 Å². The second-order valence-electron chi connectivity index (χ2n) is 6.66. The van der Waals surface area contributed by atoms with E-state index in [1.54, 1.807) is 0 Å². The maximum Gasteiger partial charge on any atom is 0.407 e. The SMILES string of the molecule is O=C(NCc1ccccc1)OCC1Cc2cccc(-c3ccccc3Cl)c2O1. The van der Waals surface area contributed by atoms with E-state index in [0.717, 1.165) is 28.0 Å². The lowest BCUT2D eigenvalue weighted by atomic mass is 10.0. The molecular formula is C23H20ClNO3. The predicted molar refractivity (Wildman–Crippen MR) is 110 cm³/mol. The van der Waals surface area contributed by atoms with Gasteiger partial charge >= 0.3 is 6.09 Å². The number of carbonyl (C=O) groups excluding carboxylic acids is 1. The Balaban J connectivity index is 1.36. The van der Waals surface area contributed by atoms with E-state index in [1.165, 1.54) is 0 Å². The van der Waals surface area contributed by atoms with Crippen LogP contribution in [0.3, 0.4) is 0 Å². The smallest absolute Gasteiger partial charge is 0.407 e. The number of hydrogen-bond donors (Lipinski definition) is 1. The molecule has 0 fully saturated rings. The van der Waals surface area contributed by atoms with Crippen LogP contribution >= 0.6 is 11.6 Å². The van der Waals surface area contributed by atoms with Gasteiger partial charge in [0.2, 0.25) is 0 Å². The van der Waals surface area contributed by atoms with Gasteiger partial charge in [0.05, 0.1) is 0 Å². The quantitative estimate of drug-likeness (QED) is 0.645. The number of para-hydroxylation sites is 1. The predicted octanol–water partition coefficient (Wildman–Crippen LogP) is 5.24. The van der Waals surface area contributed by atoms with Gasteiger partial charge in [-0.25, -0.2) is 4.79 Å². The Labute approximate surface area is 169 Å². The Kier molecular flexibility index (Phi) is 5.49. The normalized spacial score (nSPS) is 14.8. The molecule has 4 rings (SSSR count). The zero-order valence-electron chi connectivity index (χ0n) is 15.2. The number of fused-ring (bicyclic) bond motifs is 1. The molecule has 1 N–H and O–H groups in total. The number of nitrogens with one attached hydrogen (secondary N) is 1. The number of benzene rings is 3. The molecule has 0 saturated carbocycles. The molecule has 4 nitrogen and oxygen atoms in total. The molecule has 0 aromatic heterocycles. The molecular weight excluding hydrogens is 374 g/mol. The third kappa shape index (κ3) is 4.12. The Hall–Kier alpha value is -2.98. The van der Waals surface area contributed by atoms with Crippen molar-refractivity contribution in [2.75, 3.05) is 6.61 Å². The van der Waals surface area contributed by atoms with E-state index in [9.17, 15) is 4.79 Å². The maximum atomic E-state index is 12.0. The first kappa shape index (κ1) is 18.4. The molecule has 1 amide bonds. The van der Waals surface area contributed by atoms with Crippen LogP contribution in [0.15, 0.2) is 72.8 Å². The Morgan fingerprint density at radius 1 is 1.00 bits per heavy atom. The van der Waals surface area contributed by atoms with Crippen LogP contribution in [0.4, 0.5) is 4.79 Å². The van der Waals surface area contributed by atoms with Crippen LogP contribution in [0.5, 0.6) is 5.75 Å². The molecule has 0 saturated heterocycles. The number of ether oxygens (including phenoxy) is 2. The summed E-state index contributed by atoms with van der Waals surface area (Å²) in [4.78, 5) is 12.0. The van der Waals surface area contributed by atoms with E-state index < -0.39 is 6.09 Å². The van der Waals surface area contributed by atoms with Crippen molar-refractivity contribution in [2.45, 2.75) is 19.1 Å². The monoisotopic (exact) mass is 393 g/mol. The summed E-state index contributed by atoms with van der Waals surface area (Å²) in [5, 5.41) is 3.43. The second kappa shape index (κ2) is 8.36. The Morgan fingerprint density at radius 3 is 2.57 bits per heavy atom. The molecule has 3 aromatic rings. The lowest BCUT2D eigenvalue weighted by molar-refractivity contribution is 0.0924. The highest BCUT2D eigenvalue weighted by atomic mass is 35.5. The van der Waals surface area contributed by atoms with Crippen LogP contribution in [-0.4, -0.2) is 18.8 Å². The van der Waals surface area contributed by atoms with E-state index in [-0.39, 0.29) is 12.7 Å². The van der Waals surface area contributed by atoms with Crippen molar-refractivity contribution in [1.29, 1.82) is 0 Å². The summed E-state index contributed by atoms with van der Waals surface area (Å²) in [6.07, 6.45) is 0.0374. The van der Waals surface area contributed by atoms with Crippen molar-refractivity contribution >= 4 is 17.7 Å². The second-order valence-corrected chi connectivity index (χ2v) is 7.06. The fraction of sp³-hybridized carbons (Fsp3) is 0.174. The molecule has 0 aliphatic carbocycles. The molecule has 1 heterocycles. The van der Waals surface area contributed by atoms with Gasteiger partial charge in [-0.15, -0.1) is 0 Å². The van der Waals surface area contributed by atoms with Crippen LogP contribution in [0.25, 0.3) is 11.1 Å². The minimum Gasteiger partial charge on any atom is -0.486 e. The van der Waals surface area contributed by atoms with Gasteiger partial charge in [-0.1, -0.05) is 78.3 Å². The number of hydrogen-bond acceptors (Lipinski definition) is 3. The zero-order chi connectivity index (χ0) is 19.3. The number of amides is 1. The van der Waals surface area contributed by atoms with Crippen LogP contribution in [0.1, 0.15) is 11.1 Å². The lowest BCUT2D eigenvalue weighted by Crippen LogP contribution is -2.29. The number of carbonyl (C=O) groups is 1. The number of halogens is 1. The first-order valence-electron chi connectivity index (χ1n) is 9.18. The molecule has 0 bridgehead atoms. The van der Waals surface area contributed by atoms with E-state index in [0.29, 0.717) is 18.0 Å². The Bertz CT molecular complexity index is 975. The van der Waals surface area contributed by atoms with Crippen LogP contribution in [0.2, 0.25) is 5.02 Å². The van der Waals surface area contributed by atoms with E-state index in [1.807, 2.05) is 72.8 Å². The molecule has 142 valence electrons. The van der Waals surface area contributed by atoms with Crippen molar-refractivity contribution in [2.24, 2.45) is 0 Å². The van der Waals surface area contributed by atoms with Gasteiger partial charge in [0, 0.05) is 29.1 Å². The van der Waals surface area contributed by atoms with Crippen LogP contribution in [0, 0.1) is 0 Å². The van der Waals surface area contributed by atoms with Gasteiger partial charge in [-0.05, 0) is 17.2 Å². The van der Waals surface area contributed by atoms with Crippen molar-refractivity contribution in [3.05, 3.63) is 88.9 Å². The molecule has 3 aromatic carbocycles. The first-order valence-corrected chi connectivity index (χ1v) is 9.56. The summed E-state index contributed by atoms with van der Waals surface area (Å²) in [7, 11) is 0. The standard InChI is InChI=1S/C23H20ClNO3/c24-21-12-5-4-10-19(21)20-11-6-9-17-13-18(28-22(17)20)15-27-23(26)25-14-16-7-2-1-3-8-16/h1-12,18H,13-15H2,(H,25,26). The summed E-state index contributed by atoms with van der Waals surface area (Å²) < 4.78 is 11.4. The summed E-state index contributed by atoms with van der Waals surface area (Å²) in [5.41, 5.74) is 4.01.